The van der Waals surface area contributed by atoms with E-state index in [1.807, 2.05) is 25.1 Å². The van der Waals surface area contributed by atoms with Crippen LogP contribution >= 0.6 is 11.8 Å². The van der Waals surface area contributed by atoms with Crippen LogP contribution in [0.3, 0.4) is 0 Å². The SMILES string of the molecule is CCOc1ccc2nc(SC3CCCOC3)[nH]c2c1. The molecule has 0 amide bonds. The fourth-order valence-electron chi connectivity index (χ4n) is 2.24. The summed E-state index contributed by atoms with van der Waals surface area (Å²) in [5, 5.41) is 1.49. The first-order valence-corrected chi connectivity index (χ1v) is 7.60. The number of ether oxygens (including phenoxy) is 2. The van der Waals surface area contributed by atoms with Gasteiger partial charge in [0.2, 0.25) is 0 Å². The summed E-state index contributed by atoms with van der Waals surface area (Å²) in [5.41, 5.74) is 2.02. The van der Waals surface area contributed by atoms with Crippen LogP contribution < -0.4 is 4.74 Å². The molecule has 1 aromatic heterocycles. The second-order valence-corrected chi connectivity index (χ2v) is 5.90. The van der Waals surface area contributed by atoms with Gasteiger partial charge in [0.25, 0.3) is 0 Å². The third-order valence-corrected chi connectivity index (χ3v) is 4.26. The van der Waals surface area contributed by atoms with Crippen molar-refractivity contribution in [2.45, 2.75) is 30.2 Å². The Bertz CT molecular complexity index is 549. The van der Waals surface area contributed by atoms with Gasteiger partial charge in [-0.2, -0.15) is 0 Å². The molecule has 0 bridgehead atoms. The van der Waals surface area contributed by atoms with Crippen LogP contribution in [0, 0.1) is 0 Å². The molecule has 1 aliphatic rings. The summed E-state index contributed by atoms with van der Waals surface area (Å²) in [7, 11) is 0. The highest BCUT2D eigenvalue weighted by Crippen LogP contribution is 2.29. The normalized spacial score (nSPS) is 19.7. The zero-order valence-corrected chi connectivity index (χ0v) is 11.8. The largest absolute Gasteiger partial charge is 0.494 e. The third kappa shape index (κ3) is 3.04. The van der Waals surface area contributed by atoms with E-state index in [0.717, 1.165) is 41.6 Å². The standard InChI is InChI=1S/C14H18N2O2S/c1-2-18-10-5-6-12-13(8-10)16-14(15-12)19-11-4-3-7-17-9-11/h5-6,8,11H,2-4,7,9H2,1H3,(H,15,16). The molecule has 1 unspecified atom stereocenters. The molecule has 4 nitrogen and oxygen atoms in total. The molecule has 0 spiro atoms. The Balaban J connectivity index is 1.76. The van der Waals surface area contributed by atoms with Gasteiger partial charge < -0.3 is 14.5 Å². The number of aromatic nitrogens is 2. The minimum atomic E-state index is 0.515. The minimum Gasteiger partial charge on any atom is -0.494 e. The maximum atomic E-state index is 5.50. The quantitative estimate of drug-likeness (QED) is 0.932. The van der Waals surface area contributed by atoms with Crippen molar-refractivity contribution in [3.05, 3.63) is 18.2 Å². The van der Waals surface area contributed by atoms with E-state index in [0.29, 0.717) is 11.9 Å². The lowest BCUT2D eigenvalue weighted by Crippen LogP contribution is -2.19. The summed E-state index contributed by atoms with van der Waals surface area (Å²) in [6.07, 6.45) is 2.35. The van der Waals surface area contributed by atoms with E-state index in [4.69, 9.17) is 9.47 Å². The Labute approximate surface area is 116 Å². The highest BCUT2D eigenvalue weighted by Gasteiger charge is 2.17. The van der Waals surface area contributed by atoms with Gasteiger partial charge in [0.05, 0.1) is 24.2 Å². The van der Waals surface area contributed by atoms with Crippen molar-refractivity contribution in [2.75, 3.05) is 19.8 Å². The average Bonchev–Trinajstić information content (AvgIpc) is 2.82. The lowest BCUT2D eigenvalue weighted by atomic mass is 10.2. The van der Waals surface area contributed by atoms with Crippen LogP contribution in [0.2, 0.25) is 0 Å². The van der Waals surface area contributed by atoms with Gasteiger partial charge in [0, 0.05) is 17.9 Å². The molecule has 0 radical (unpaired) electrons. The molecule has 19 heavy (non-hydrogen) atoms. The van der Waals surface area contributed by atoms with Gasteiger partial charge in [-0.15, -0.1) is 0 Å². The summed E-state index contributed by atoms with van der Waals surface area (Å²) in [6.45, 7) is 4.39. The van der Waals surface area contributed by atoms with E-state index in [2.05, 4.69) is 9.97 Å². The van der Waals surface area contributed by atoms with Crippen LogP contribution in [-0.2, 0) is 4.74 Å². The Hall–Kier alpha value is -1.20. The maximum Gasteiger partial charge on any atom is 0.166 e. The van der Waals surface area contributed by atoms with Gasteiger partial charge >= 0.3 is 0 Å². The Morgan fingerprint density at radius 2 is 2.47 bits per heavy atom. The first-order chi connectivity index (χ1) is 9.35. The molecule has 2 heterocycles. The van der Waals surface area contributed by atoms with E-state index < -0.39 is 0 Å². The van der Waals surface area contributed by atoms with Gasteiger partial charge in [0.15, 0.2) is 5.16 Å². The second kappa shape index (κ2) is 5.84. The van der Waals surface area contributed by atoms with Crippen molar-refractivity contribution in [2.24, 2.45) is 0 Å². The molecule has 3 rings (SSSR count). The van der Waals surface area contributed by atoms with Crippen molar-refractivity contribution in [1.82, 2.24) is 9.97 Å². The zero-order chi connectivity index (χ0) is 13.1. The first-order valence-electron chi connectivity index (χ1n) is 6.72. The molecule has 0 aliphatic carbocycles. The van der Waals surface area contributed by atoms with Crippen molar-refractivity contribution in [1.29, 1.82) is 0 Å². The second-order valence-electron chi connectivity index (χ2n) is 4.61. The van der Waals surface area contributed by atoms with E-state index in [1.165, 1.54) is 6.42 Å². The molecular weight excluding hydrogens is 260 g/mol. The molecule has 102 valence electrons. The number of nitrogens with zero attached hydrogens (tertiary/aromatic N) is 1. The number of thioether (sulfide) groups is 1. The lowest BCUT2D eigenvalue weighted by Gasteiger charge is -2.20. The highest BCUT2D eigenvalue weighted by molar-refractivity contribution is 7.99. The van der Waals surface area contributed by atoms with E-state index >= 15 is 0 Å². The zero-order valence-electron chi connectivity index (χ0n) is 11.0. The fourth-order valence-corrected chi connectivity index (χ4v) is 3.32. The summed E-state index contributed by atoms with van der Waals surface area (Å²) in [4.78, 5) is 7.96. The number of nitrogens with one attached hydrogen (secondary N) is 1. The number of benzene rings is 1. The fraction of sp³-hybridized carbons (Fsp3) is 0.500. The van der Waals surface area contributed by atoms with Crippen molar-refractivity contribution < 1.29 is 9.47 Å². The number of fused-ring (bicyclic) bond motifs is 1. The Morgan fingerprint density at radius 3 is 3.26 bits per heavy atom. The van der Waals surface area contributed by atoms with Crippen LogP contribution in [-0.4, -0.2) is 35.0 Å². The summed E-state index contributed by atoms with van der Waals surface area (Å²) in [5.74, 6) is 0.885. The summed E-state index contributed by atoms with van der Waals surface area (Å²) >= 11 is 1.78. The van der Waals surface area contributed by atoms with Crippen LogP contribution in [0.25, 0.3) is 11.0 Å². The van der Waals surface area contributed by atoms with Crippen molar-refractivity contribution in [3.63, 3.8) is 0 Å². The maximum absolute atomic E-state index is 5.50. The van der Waals surface area contributed by atoms with Crippen LogP contribution in [0.5, 0.6) is 5.75 Å². The van der Waals surface area contributed by atoms with Crippen molar-refractivity contribution >= 4 is 22.8 Å². The number of aromatic amines is 1. The number of hydrogen-bond donors (Lipinski definition) is 1. The van der Waals surface area contributed by atoms with E-state index in [1.54, 1.807) is 11.8 Å². The molecule has 2 aromatic rings. The third-order valence-electron chi connectivity index (χ3n) is 3.14. The summed E-state index contributed by atoms with van der Waals surface area (Å²) in [6, 6.07) is 5.97. The minimum absolute atomic E-state index is 0.515. The average molecular weight is 278 g/mol. The van der Waals surface area contributed by atoms with Crippen molar-refractivity contribution in [3.8, 4) is 5.75 Å². The number of imidazole rings is 1. The van der Waals surface area contributed by atoms with Crippen LogP contribution in [0.15, 0.2) is 23.4 Å². The molecule has 1 aromatic carbocycles. The lowest BCUT2D eigenvalue weighted by molar-refractivity contribution is 0.101. The first kappa shape index (κ1) is 12.8. The monoisotopic (exact) mass is 278 g/mol. The molecule has 1 aliphatic heterocycles. The Morgan fingerprint density at radius 1 is 1.53 bits per heavy atom. The highest BCUT2D eigenvalue weighted by atomic mass is 32.2. The summed E-state index contributed by atoms with van der Waals surface area (Å²) < 4.78 is 11.0. The molecular formula is C14H18N2O2S. The van der Waals surface area contributed by atoms with Crippen LogP contribution in [0.4, 0.5) is 0 Å². The molecule has 5 heteroatoms. The predicted octanol–water partition coefficient (Wildman–Crippen LogP) is 3.23. The number of H-pyrrole nitrogens is 1. The van der Waals surface area contributed by atoms with E-state index in [9.17, 15) is 0 Å². The van der Waals surface area contributed by atoms with Crippen LogP contribution in [0.1, 0.15) is 19.8 Å². The molecule has 1 fully saturated rings. The Kier molecular flexibility index (Phi) is 3.94. The number of rotatable bonds is 4. The topological polar surface area (TPSA) is 47.1 Å². The van der Waals surface area contributed by atoms with Gasteiger partial charge in [-0.25, -0.2) is 4.98 Å². The van der Waals surface area contributed by atoms with E-state index in [-0.39, 0.29) is 0 Å². The predicted molar refractivity (Wildman–Crippen MR) is 77.0 cm³/mol. The smallest absolute Gasteiger partial charge is 0.166 e. The van der Waals surface area contributed by atoms with Gasteiger partial charge in [-0.05, 0) is 31.9 Å². The molecule has 1 atom stereocenters. The molecule has 1 saturated heterocycles. The number of hydrogen-bond acceptors (Lipinski definition) is 4. The van der Waals surface area contributed by atoms with Gasteiger partial charge in [-0.1, -0.05) is 11.8 Å². The molecule has 1 N–H and O–H groups in total. The molecule has 0 saturated carbocycles. The van der Waals surface area contributed by atoms with Gasteiger partial charge in [-0.3, -0.25) is 0 Å². The van der Waals surface area contributed by atoms with Gasteiger partial charge in [0.1, 0.15) is 5.75 Å².